The van der Waals surface area contributed by atoms with E-state index >= 15 is 0 Å². The highest BCUT2D eigenvalue weighted by molar-refractivity contribution is 5.82. The molecule has 0 bridgehead atoms. The van der Waals surface area contributed by atoms with E-state index in [2.05, 4.69) is 68.2 Å². The summed E-state index contributed by atoms with van der Waals surface area (Å²) in [4.78, 5) is 15.3. The number of unbranched alkanes of at least 4 members (excludes halogenated alkanes) is 3. The van der Waals surface area contributed by atoms with Crippen molar-refractivity contribution < 1.29 is 0 Å². The normalized spacial score (nSPS) is 11.6. The van der Waals surface area contributed by atoms with Crippen LogP contribution < -0.4 is 5.69 Å². The largest absolute Gasteiger partial charge is 0.326 e. The van der Waals surface area contributed by atoms with Crippen LogP contribution in [0, 0.1) is 11.3 Å². The van der Waals surface area contributed by atoms with Crippen LogP contribution in [-0.2, 0) is 12.0 Å². The second-order valence-electron chi connectivity index (χ2n) is 8.11. The molecule has 0 saturated heterocycles. The first-order valence-electron chi connectivity index (χ1n) is 9.60. The third-order valence-corrected chi connectivity index (χ3v) is 5.03. The minimum Gasteiger partial charge on any atom is -0.306 e. The van der Waals surface area contributed by atoms with Crippen molar-refractivity contribution in [3.8, 4) is 17.2 Å². The van der Waals surface area contributed by atoms with Crippen LogP contribution in [0.1, 0.15) is 52.0 Å². The first-order chi connectivity index (χ1) is 12.9. The number of rotatable bonds is 6. The highest BCUT2D eigenvalue weighted by atomic mass is 16.1. The van der Waals surface area contributed by atoms with Gasteiger partial charge in [0.05, 0.1) is 17.1 Å². The highest BCUT2D eigenvalue weighted by Gasteiger charge is 2.13. The van der Waals surface area contributed by atoms with Crippen LogP contribution in [0.2, 0.25) is 0 Å². The van der Waals surface area contributed by atoms with E-state index in [0.29, 0.717) is 13.0 Å². The Balaban J connectivity index is 1.82. The number of benzene rings is 2. The SMILES string of the molecule is CC(C)(C)c1ccc(-c2ccc3c(c2)[nH]c(=O)n3CCCCCC#N)cc1. The molecule has 0 atom stereocenters. The Bertz CT molecular complexity index is 1010. The van der Waals surface area contributed by atoms with Gasteiger partial charge in [0, 0.05) is 13.0 Å². The van der Waals surface area contributed by atoms with Crippen LogP contribution in [0.4, 0.5) is 0 Å². The van der Waals surface area contributed by atoms with Crippen LogP contribution in [0.5, 0.6) is 0 Å². The molecule has 140 valence electrons. The molecule has 0 fully saturated rings. The molecule has 0 amide bonds. The van der Waals surface area contributed by atoms with Gasteiger partial charge in [-0.25, -0.2) is 4.79 Å². The number of nitrogens with zero attached hydrogens (tertiary/aromatic N) is 2. The maximum atomic E-state index is 12.3. The van der Waals surface area contributed by atoms with Crippen LogP contribution in [0.15, 0.2) is 47.3 Å². The van der Waals surface area contributed by atoms with Crippen molar-refractivity contribution in [3.63, 3.8) is 0 Å². The molecule has 0 aliphatic heterocycles. The van der Waals surface area contributed by atoms with Gasteiger partial charge in [-0.3, -0.25) is 4.57 Å². The van der Waals surface area contributed by atoms with Gasteiger partial charge in [-0.2, -0.15) is 5.26 Å². The van der Waals surface area contributed by atoms with Crippen molar-refractivity contribution in [3.05, 3.63) is 58.5 Å². The summed E-state index contributed by atoms with van der Waals surface area (Å²) in [5.41, 5.74) is 5.44. The van der Waals surface area contributed by atoms with Crippen molar-refractivity contribution in [2.24, 2.45) is 0 Å². The molecule has 3 aromatic rings. The van der Waals surface area contributed by atoms with Crippen LogP contribution in [0.3, 0.4) is 0 Å². The van der Waals surface area contributed by atoms with Crippen LogP contribution in [0.25, 0.3) is 22.2 Å². The molecule has 27 heavy (non-hydrogen) atoms. The van der Waals surface area contributed by atoms with Gasteiger partial charge in [-0.05, 0) is 47.1 Å². The first-order valence-corrected chi connectivity index (χ1v) is 9.60. The molecule has 1 heterocycles. The van der Waals surface area contributed by atoms with E-state index < -0.39 is 0 Å². The second kappa shape index (κ2) is 7.84. The summed E-state index contributed by atoms with van der Waals surface area (Å²) < 4.78 is 1.80. The minimum atomic E-state index is -0.0643. The molecule has 0 radical (unpaired) electrons. The summed E-state index contributed by atoms with van der Waals surface area (Å²) >= 11 is 0. The zero-order valence-electron chi connectivity index (χ0n) is 16.4. The maximum Gasteiger partial charge on any atom is 0.326 e. The predicted octanol–water partition coefficient (Wildman–Crippen LogP) is 5.38. The van der Waals surface area contributed by atoms with Crippen molar-refractivity contribution >= 4 is 11.0 Å². The number of nitrogens with one attached hydrogen (secondary N) is 1. The fourth-order valence-electron chi connectivity index (χ4n) is 3.38. The van der Waals surface area contributed by atoms with Gasteiger partial charge >= 0.3 is 5.69 Å². The topological polar surface area (TPSA) is 61.6 Å². The molecule has 0 spiro atoms. The Morgan fingerprint density at radius 3 is 2.37 bits per heavy atom. The number of hydrogen-bond acceptors (Lipinski definition) is 2. The first kappa shape index (κ1) is 19.0. The number of imidazole rings is 1. The molecule has 0 aliphatic rings. The third kappa shape index (κ3) is 4.31. The van der Waals surface area contributed by atoms with Crippen LogP contribution >= 0.6 is 0 Å². The van der Waals surface area contributed by atoms with Crippen molar-refractivity contribution in [2.45, 2.75) is 58.4 Å². The predicted molar refractivity (Wildman–Crippen MR) is 111 cm³/mol. The average molecular weight is 361 g/mol. The van der Waals surface area contributed by atoms with Gasteiger partial charge in [-0.15, -0.1) is 0 Å². The zero-order valence-corrected chi connectivity index (χ0v) is 16.4. The average Bonchev–Trinajstić information content (AvgIpc) is 2.95. The van der Waals surface area contributed by atoms with Crippen LogP contribution in [-0.4, -0.2) is 9.55 Å². The lowest BCUT2D eigenvalue weighted by Crippen LogP contribution is -2.16. The molecule has 1 aromatic heterocycles. The van der Waals surface area contributed by atoms with E-state index in [9.17, 15) is 4.79 Å². The van der Waals surface area contributed by atoms with Crippen molar-refractivity contribution in [1.29, 1.82) is 5.26 Å². The van der Waals surface area contributed by atoms with E-state index in [0.717, 1.165) is 41.4 Å². The number of aryl methyl sites for hydroxylation is 1. The standard InChI is InChI=1S/C23H27N3O/c1-23(2,3)19-11-8-17(9-12-19)18-10-13-21-20(16-18)25-22(27)26(21)15-7-5-4-6-14-24/h8-13,16H,4-7,15H2,1-3H3,(H,25,27). The summed E-state index contributed by atoms with van der Waals surface area (Å²) in [6, 6.07) is 17.0. The van der Waals surface area contributed by atoms with Crippen molar-refractivity contribution in [2.75, 3.05) is 0 Å². The molecule has 0 unspecified atom stereocenters. The Morgan fingerprint density at radius 1 is 1.00 bits per heavy atom. The summed E-state index contributed by atoms with van der Waals surface area (Å²) in [6.07, 6.45) is 3.35. The van der Waals surface area contributed by atoms with E-state index in [1.54, 1.807) is 4.57 Å². The summed E-state index contributed by atoms with van der Waals surface area (Å²) in [5, 5.41) is 8.60. The van der Waals surface area contributed by atoms with Gasteiger partial charge in [0.2, 0.25) is 0 Å². The Morgan fingerprint density at radius 2 is 1.70 bits per heavy atom. The number of fused-ring (bicyclic) bond motifs is 1. The second-order valence-corrected chi connectivity index (χ2v) is 8.11. The third-order valence-electron chi connectivity index (χ3n) is 5.03. The zero-order chi connectivity index (χ0) is 19.4. The Labute approximate surface area is 160 Å². The molecule has 4 heteroatoms. The fourth-order valence-corrected chi connectivity index (χ4v) is 3.38. The molecule has 3 rings (SSSR count). The monoisotopic (exact) mass is 361 g/mol. The smallest absolute Gasteiger partial charge is 0.306 e. The van der Waals surface area contributed by atoms with Crippen molar-refractivity contribution in [1.82, 2.24) is 9.55 Å². The quantitative estimate of drug-likeness (QED) is 0.599. The Kier molecular flexibility index (Phi) is 5.51. The lowest BCUT2D eigenvalue weighted by atomic mass is 9.86. The molecule has 0 aliphatic carbocycles. The molecule has 4 nitrogen and oxygen atoms in total. The van der Waals surface area contributed by atoms with Gasteiger partial charge < -0.3 is 4.98 Å². The number of aromatic amines is 1. The Hall–Kier alpha value is -2.80. The van der Waals surface area contributed by atoms with E-state index in [4.69, 9.17) is 5.26 Å². The summed E-state index contributed by atoms with van der Waals surface area (Å²) in [5.74, 6) is 0. The van der Waals surface area contributed by atoms with E-state index in [1.807, 2.05) is 6.07 Å². The number of hydrogen-bond donors (Lipinski definition) is 1. The highest BCUT2D eigenvalue weighted by Crippen LogP contribution is 2.27. The molecule has 1 N–H and O–H groups in total. The number of H-pyrrole nitrogens is 1. The fraction of sp³-hybridized carbons (Fsp3) is 0.391. The van der Waals surface area contributed by atoms with Gasteiger partial charge in [-0.1, -0.05) is 57.5 Å². The summed E-state index contributed by atoms with van der Waals surface area (Å²) in [6.45, 7) is 7.31. The van der Waals surface area contributed by atoms with E-state index in [-0.39, 0.29) is 11.1 Å². The van der Waals surface area contributed by atoms with Gasteiger partial charge in [0.25, 0.3) is 0 Å². The minimum absolute atomic E-state index is 0.0643. The van der Waals surface area contributed by atoms with E-state index in [1.165, 1.54) is 5.56 Å². The lowest BCUT2D eigenvalue weighted by molar-refractivity contribution is 0.590. The number of nitriles is 1. The molecular formula is C23H27N3O. The molecule has 2 aromatic carbocycles. The summed E-state index contributed by atoms with van der Waals surface area (Å²) in [7, 11) is 0. The number of aromatic nitrogens is 2. The van der Waals surface area contributed by atoms with Gasteiger partial charge in [0.1, 0.15) is 0 Å². The maximum absolute atomic E-state index is 12.3. The van der Waals surface area contributed by atoms with Gasteiger partial charge in [0.15, 0.2) is 0 Å². The molecular weight excluding hydrogens is 334 g/mol. The molecule has 0 saturated carbocycles. The lowest BCUT2D eigenvalue weighted by Gasteiger charge is -2.19.